The van der Waals surface area contributed by atoms with Crippen LogP contribution >= 0.6 is 0 Å². The van der Waals surface area contributed by atoms with E-state index in [0.717, 1.165) is 35.0 Å². The number of hydrogen-bond donors (Lipinski definition) is 1. The molecule has 4 nitrogen and oxygen atoms in total. The predicted molar refractivity (Wildman–Crippen MR) is 113 cm³/mol. The van der Waals surface area contributed by atoms with Crippen LogP contribution in [0.15, 0.2) is 72.1 Å². The fraction of sp³-hybridized carbons (Fsp3) is 0.208. The van der Waals surface area contributed by atoms with Gasteiger partial charge >= 0.3 is 0 Å². The molecule has 0 bridgehead atoms. The van der Waals surface area contributed by atoms with Gasteiger partial charge in [-0.15, -0.1) is 0 Å². The van der Waals surface area contributed by atoms with E-state index >= 15 is 0 Å². The predicted octanol–water partition coefficient (Wildman–Crippen LogP) is 4.90. The summed E-state index contributed by atoms with van der Waals surface area (Å²) < 4.78 is 5.82. The second-order valence-electron chi connectivity index (χ2n) is 6.89. The Balaban J connectivity index is 1.90. The van der Waals surface area contributed by atoms with Gasteiger partial charge in [0, 0.05) is 24.3 Å². The number of fused-ring (bicyclic) bond motifs is 3. The molecule has 0 saturated carbocycles. The molecule has 1 aliphatic rings. The Hall–Kier alpha value is -3.45. The van der Waals surface area contributed by atoms with Crippen molar-refractivity contribution >= 4 is 16.5 Å². The first kappa shape index (κ1) is 17.9. The van der Waals surface area contributed by atoms with Crippen LogP contribution in [0.1, 0.15) is 30.9 Å². The van der Waals surface area contributed by atoms with Crippen molar-refractivity contribution in [2.75, 3.05) is 18.0 Å². The molecular formula is C24H23N3O. The van der Waals surface area contributed by atoms with Crippen molar-refractivity contribution in [1.29, 1.82) is 5.26 Å². The number of nitriles is 1. The number of rotatable bonds is 4. The maximum atomic E-state index is 9.83. The molecule has 4 rings (SSSR count). The minimum absolute atomic E-state index is 0.183. The lowest BCUT2D eigenvalue weighted by Crippen LogP contribution is -2.22. The zero-order valence-corrected chi connectivity index (χ0v) is 16.1. The summed E-state index contributed by atoms with van der Waals surface area (Å²) in [6, 6.07) is 22.9. The Kier molecular flexibility index (Phi) is 4.67. The first-order valence-electron chi connectivity index (χ1n) is 9.62. The average Bonchev–Trinajstić information content (AvgIpc) is 2.74. The lowest BCUT2D eigenvalue weighted by Gasteiger charge is -2.28. The molecule has 1 heterocycles. The Morgan fingerprint density at radius 3 is 2.39 bits per heavy atom. The summed E-state index contributed by atoms with van der Waals surface area (Å²) in [5.41, 5.74) is 9.79. The third kappa shape index (κ3) is 2.86. The van der Waals surface area contributed by atoms with Gasteiger partial charge in [-0.3, -0.25) is 0 Å². The number of allylic oxidation sites excluding steroid dienone is 1. The highest BCUT2D eigenvalue weighted by Crippen LogP contribution is 2.45. The van der Waals surface area contributed by atoms with Gasteiger partial charge in [0.15, 0.2) is 0 Å². The summed E-state index contributed by atoms with van der Waals surface area (Å²) >= 11 is 0. The quantitative estimate of drug-likeness (QED) is 0.710. The number of nitrogens with zero attached hydrogens (tertiary/aromatic N) is 2. The van der Waals surface area contributed by atoms with Gasteiger partial charge in [-0.1, -0.05) is 42.5 Å². The molecule has 1 aliphatic heterocycles. The number of ether oxygens (including phenoxy) is 1. The van der Waals surface area contributed by atoms with Crippen LogP contribution in [-0.4, -0.2) is 13.1 Å². The van der Waals surface area contributed by atoms with E-state index in [0.29, 0.717) is 11.3 Å². The van der Waals surface area contributed by atoms with Crippen molar-refractivity contribution in [3.05, 3.63) is 83.2 Å². The molecule has 4 heteroatoms. The lowest BCUT2D eigenvalue weighted by molar-refractivity contribution is 0.395. The van der Waals surface area contributed by atoms with Gasteiger partial charge in [0.25, 0.3) is 0 Å². The van der Waals surface area contributed by atoms with Crippen molar-refractivity contribution < 1.29 is 4.74 Å². The van der Waals surface area contributed by atoms with Gasteiger partial charge in [0.05, 0.1) is 5.92 Å². The molecule has 140 valence electrons. The zero-order valence-electron chi connectivity index (χ0n) is 16.1. The van der Waals surface area contributed by atoms with Crippen LogP contribution in [0.4, 0.5) is 5.69 Å². The highest BCUT2D eigenvalue weighted by atomic mass is 16.5. The van der Waals surface area contributed by atoms with Gasteiger partial charge in [-0.25, -0.2) is 0 Å². The fourth-order valence-electron chi connectivity index (χ4n) is 4.04. The van der Waals surface area contributed by atoms with E-state index < -0.39 is 0 Å². The summed E-state index contributed by atoms with van der Waals surface area (Å²) in [5, 5.41) is 12.0. The molecule has 0 fully saturated rings. The molecule has 0 saturated heterocycles. The van der Waals surface area contributed by atoms with Gasteiger partial charge in [0.2, 0.25) is 5.88 Å². The molecule has 0 amide bonds. The van der Waals surface area contributed by atoms with E-state index in [-0.39, 0.29) is 11.8 Å². The molecule has 0 aliphatic carbocycles. The molecule has 0 radical (unpaired) electrons. The van der Waals surface area contributed by atoms with Gasteiger partial charge in [-0.05, 0) is 48.4 Å². The van der Waals surface area contributed by atoms with Crippen LogP contribution in [0, 0.1) is 11.3 Å². The van der Waals surface area contributed by atoms with Gasteiger partial charge in [0.1, 0.15) is 17.4 Å². The maximum Gasteiger partial charge on any atom is 0.205 e. The molecule has 3 aromatic carbocycles. The minimum atomic E-state index is -0.245. The smallest absolute Gasteiger partial charge is 0.205 e. The average molecular weight is 369 g/mol. The van der Waals surface area contributed by atoms with Crippen LogP contribution in [0.5, 0.6) is 5.75 Å². The summed E-state index contributed by atoms with van der Waals surface area (Å²) in [5.74, 6) is 0.654. The van der Waals surface area contributed by atoms with E-state index in [2.05, 4.69) is 61.2 Å². The third-order valence-corrected chi connectivity index (χ3v) is 5.47. The van der Waals surface area contributed by atoms with Crippen molar-refractivity contribution in [1.82, 2.24) is 0 Å². The van der Waals surface area contributed by atoms with Crippen LogP contribution < -0.4 is 15.4 Å². The van der Waals surface area contributed by atoms with E-state index in [1.807, 2.05) is 24.3 Å². The number of anilines is 1. The van der Waals surface area contributed by atoms with Crippen LogP contribution in [0.25, 0.3) is 10.8 Å². The van der Waals surface area contributed by atoms with E-state index in [9.17, 15) is 5.26 Å². The molecule has 1 atom stereocenters. The molecule has 28 heavy (non-hydrogen) atoms. The number of benzene rings is 3. The Morgan fingerprint density at radius 1 is 1.00 bits per heavy atom. The number of nitrogens with two attached hydrogens (primary N) is 1. The normalized spacial score (nSPS) is 15.7. The molecule has 0 spiro atoms. The highest BCUT2D eigenvalue weighted by molar-refractivity contribution is 5.90. The molecule has 3 aromatic rings. The van der Waals surface area contributed by atoms with Crippen LogP contribution in [-0.2, 0) is 0 Å². The topological polar surface area (TPSA) is 62.3 Å². The van der Waals surface area contributed by atoms with E-state index in [1.165, 1.54) is 5.69 Å². The fourth-order valence-corrected chi connectivity index (χ4v) is 4.04. The zero-order chi connectivity index (χ0) is 19.7. The standard InChI is InChI=1S/C24H23N3O/c1-3-27(4-2)18-12-9-17(10-13-18)22-20(15-25)24(26)28-21-14-11-16-7-5-6-8-19(16)23(21)22/h5-14,22H,3-4,26H2,1-2H3/t22-/m0/s1. The van der Waals surface area contributed by atoms with Gasteiger partial charge in [-0.2, -0.15) is 5.26 Å². The first-order valence-corrected chi connectivity index (χ1v) is 9.62. The molecular weight excluding hydrogens is 346 g/mol. The van der Waals surface area contributed by atoms with Crippen LogP contribution in [0.2, 0.25) is 0 Å². The molecule has 0 unspecified atom stereocenters. The SMILES string of the molecule is CCN(CC)c1ccc([C@H]2C(C#N)=C(N)Oc3ccc4ccccc4c32)cc1. The van der Waals surface area contributed by atoms with Crippen molar-refractivity contribution in [3.8, 4) is 11.8 Å². The Bertz CT molecular complexity index is 1090. The summed E-state index contributed by atoms with van der Waals surface area (Å²) in [7, 11) is 0. The summed E-state index contributed by atoms with van der Waals surface area (Å²) in [6.07, 6.45) is 0. The largest absolute Gasteiger partial charge is 0.440 e. The lowest BCUT2D eigenvalue weighted by atomic mass is 9.81. The Labute approximate surface area is 165 Å². The monoisotopic (exact) mass is 369 g/mol. The molecule has 0 aromatic heterocycles. The van der Waals surface area contributed by atoms with Gasteiger partial charge < -0.3 is 15.4 Å². The second-order valence-corrected chi connectivity index (χ2v) is 6.89. The van der Waals surface area contributed by atoms with Crippen molar-refractivity contribution in [3.63, 3.8) is 0 Å². The summed E-state index contributed by atoms with van der Waals surface area (Å²) in [6.45, 7) is 6.21. The van der Waals surface area contributed by atoms with E-state index in [1.54, 1.807) is 0 Å². The second kappa shape index (κ2) is 7.28. The third-order valence-electron chi connectivity index (χ3n) is 5.47. The highest BCUT2D eigenvalue weighted by Gasteiger charge is 2.32. The van der Waals surface area contributed by atoms with Crippen molar-refractivity contribution in [2.45, 2.75) is 19.8 Å². The minimum Gasteiger partial charge on any atom is -0.440 e. The molecule has 2 N–H and O–H groups in total. The number of hydrogen-bond acceptors (Lipinski definition) is 4. The first-order chi connectivity index (χ1) is 13.7. The Morgan fingerprint density at radius 2 is 1.71 bits per heavy atom. The summed E-state index contributed by atoms with van der Waals surface area (Å²) in [4.78, 5) is 2.30. The van der Waals surface area contributed by atoms with Crippen LogP contribution in [0.3, 0.4) is 0 Å². The maximum absolute atomic E-state index is 9.83. The van der Waals surface area contributed by atoms with Crippen molar-refractivity contribution in [2.24, 2.45) is 5.73 Å². The van der Waals surface area contributed by atoms with E-state index in [4.69, 9.17) is 10.5 Å².